The van der Waals surface area contributed by atoms with E-state index in [-0.39, 0.29) is 0 Å². The molecule has 0 spiro atoms. The molecule has 74 valence electrons. The molecule has 0 amide bonds. The lowest BCUT2D eigenvalue weighted by Crippen LogP contribution is -2.26. The number of carbonyl (C=O) groups is 1. The third-order valence-electron chi connectivity index (χ3n) is 2.07. The highest BCUT2D eigenvalue weighted by Crippen LogP contribution is 2.28. The highest BCUT2D eigenvalue weighted by Gasteiger charge is 2.39. The standard InChI is InChI=1S/C8H10F3NO/c1-5(8(9,10)11)7(13)6-2-3-12-4-6/h6,12H,1-4H2. The van der Waals surface area contributed by atoms with Crippen molar-refractivity contribution in [2.75, 3.05) is 13.1 Å². The maximum atomic E-state index is 12.0. The van der Waals surface area contributed by atoms with Crippen LogP contribution in [0, 0.1) is 5.92 Å². The molecule has 1 unspecified atom stereocenters. The van der Waals surface area contributed by atoms with Crippen LogP contribution in [0.4, 0.5) is 13.2 Å². The van der Waals surface area contributed by atoms with E-state index in [1.54, 1.807) is 0 Å². The Kier molecular flexibility index (Phi) is 2.75. The largest absolute Gasteiger partial charge is 0.419 e. The van der Waals surface area contributed by atoms with E-state index >= 15 is 0 Å². The van der Waals surface area contributed by atoms with Crippen molar-refractivity contribution in [2.24, 2.45) is 5.92 Å². The Morgan fingerprint density at radius 2 is 2.08 bits per heavy atom. The summed E-state index contributed by atoms with van der Waals surface area (Å²) in [6, 6.07) is 0. The van der Waals surface area contributed by atoms with Crippen LogP contribution in [0.1, 0.15) is 6.42 Å². The molecule has 1 aliphatic rings. The number of hydrogen-bond acceptors (Lipinski definition) is 2. The average Bonchev–Trinajstić information content (AvgIpc) is 2.51. The monoisotopic (exact) mass is 193 g/mol. The second kappa shape index (κ2) is 3.49. The second-order valence-corrected chi connectivity index (χ2v) is 3.03. The number of allylic oxidation sites excluding steroid dienone is 1. The van der Waals surface area contributed by atoms with Gasteiger partial charge >= 0.3 is 6.18 Å². The third kappa shape index (κ3) is 2.30. The number of carbonyl (C=O) groups excluding carboxylic acids is 1. The van der Waals surface area contributed by atoms with Gasteiger partial charge in [0.15, 0.2) is 5.78 Å². The van der Waals surface area contributed by atoms with Crippen molar-refractivity contribution in [3.8, 4) is 0 Å². The van der Waals surface area contributed by atoms with Crippen LogP contribution in [-0.4, -0.2) is 25.0 Å². The maximum Gasteiger partial charge on any atom is 0.419 e. The molecule has 1 rings (SSSR count). The number of halogens is 3. The molecule has 0 radical (unpaired) electrons. The van der Waals surface area contributed by atoms with Crippen molar-refractivity contribution in [3.05, 3.63) is 12.2 Å². The normalized spacial score (nSPS) is 23.2. The first kappa shape index (κ1) is 10.2. The predicted molar refractivity (Wildman–Crippen MR) is 41.2 cm³/mol. The fourth-order valence-electron chi connectivity index (χ4n) is 1.26. The Labute approximate surface area is 73.8 Å². The van der Waals surface area contributed by atoms with E-state index in [4.69, 9.17) is 0 Å². The van der Waals surface area contributed by atoms with Gasteiger partial charge in [0, 0.05) is 12.5 Å². The van der Waals surface area contributed by atoms with E-state index in [0.29, 0.717) is 19.5 Å². The molecule has 1 N–H and O–H groups in total. The lowest BCUT2D eigenvalue weighted by molar-refractivity contribution is -0.131. The molecule has 2 nitrogen and oxygen atoms in total. The van der Waals surface area contributed by atoms with Gasteiger partial charge in [-0.1, -0.05) is 6.58 Å². The number of hydrogen-bond donors (Lipinski definition) is 1. The highest BCUT2D eigenvalue weighted by molar-refractivity contribution is 5.98. The van der Waals surface area contributed by atoms with Crippen LogP contribution < -0.4 is 5.32 Å². The quantitative estimate of drug-likeness (QED) is 0.669. The molecule has 13 heavy (non-hydrogen) atoms. The van der Waals surface area contributed by atoms with E-state index in [0.717, 1.165) is 0 Å². The first-order valence-electron chi connectivity index (χ1n) is 3.94. The number of ketones is 1. The summed E-state index contributed by atoms with van der Waals surface area (Å²) in [6.07, 6.45) is -4.12. The molecule has 5 heteroatoms. The van der Waals surface area contributed by atoms with E-state index in [1.807, 2.05) is 0 Å². The first-order valence-corrected chi connectivity index (χ1v) is 3.94. The van der Waals surface area contributed by atoms with Crippen molar-refractivity contribution in [2.45, 2.75) is 12.6 Å². The Balaban J connectivity index is 2.62. The minimum atomic E-state index is -4.58. The minimum absolute atomic E-state index is 0.327. The van der Waals surface area contributed by atoms with Crippen molar-refractivity contribution in [1.29, 1.82) is 0 Å². The van der Waals surface area contributed by atoms with Crippen LogP contribution in [0.5, 0.6) is 0 Å². The number of Topliss-reactive ketones (excluding diaryl/α,β-unsaturated/α-hetero) is 1. The number of alkyl halides is 3. The minimum Gasteiger partial charge on any atom is -0.316 e. The molecule has 1 saturated heterocycles. The van der Waals surface area contributed by atoms with E-state index in [9.17, 15) is 18.0 Å². The first-order chi connectivity index (χ1) is 5.93. The number of rotatable bonds is 2. The zero-order valence-electron chi connectivity index (χ0n) is 6.95. The lowest BCUT2D eigenvalue weighted by atomic mass is 9.97. The summed E-state index contributed by atoms with van der Waals surface area (Å²) in [5, 5.41) is 2.83. The van der Waals surface area contributed by atoms with Crippen LogP contribution in [0.15, 0.2) is 12.2 Å². The fraction of sp³-hybridized carbons (Fsp3) is 0.625. The maximum absolute atomic E-state index is 12.0. The molecule has 0 aliphatic carbocycles. The Bertz CT molecular complexity index is 228. The molecule has 1 heterocycles. The summed E-state index contributed by atoms with van der Waals surface area (Å²) in [4.78, 5) is 11.1. The van der Waals surface area contributed by atoms with Gasteiger partial charge in [0.05, 0.1) is 5.57 Å². The van der Waals surface area contributed by atoms with E-state index in [1.165, 1.54) is 0 Å². The SMILES string of the molecule is C=C(C(=O)C1CCNC1)C(F)(F)F. The fourth-order valence-corrected chi connectivity index (χ4v) is 1.26. The average molecular weight is 193 g/mol. The van der Waals surface area contributed by atoms with E-state index < -0.39 is 23.5 Å². The van der Waals surface area contributed by atoms with Crippen LogP contribution >= 0.6 is 0 Å². The predicted octanol–water partition coefficient (Wildman–Crippen LogP) is 1.28. The van der Waals surface area contributed by atoms with Gasteiger partial charge < -0.3 is 5.32 Å². The topological polar surface area (TPSA) is 29.1 Å². The summed E-state index contributed by atoms with van der Waals surface area (Å²) in [5.74, 6) is -1.42. The summed E-state index contributed by atoms with van der Waals surface area (Å²) in [7, 11) is 0. The van der Waals surface area contributed by atoms with Gasteiger partial charge in [-0.3, -0.25) is 4.79 Å². The van der Waals surface area contributed by atoms with Gasteiger partial charge in [0.25, 0.3) is 0 Å². The van der Waals surface area contributed by atoms with Crippen LogP contribution in [0.25, 0.3) is 0 Å². The number of nitrogens with one attached hydrogen (secondary N) is 1. The zero-order valence-corrected chi connectivity index (χ0v) is 6.95. The van der Waals surface area contributed by atoms with Crippen molar-refractivity contribution in [3.63, 3.8) is 0 Å². The summed E-state index contributed by atoms with van der Waals surface area (Å²) in [5.41, 5.74) is -1.24. The van der Waals surface area contributed by atoms with Crippen molar-refractivity contribution in [1.82, 2.24) is 5.32 Å². The van der Waals surface area contributed by atoms with E-state index in [2.05, 4.69) is 11.9 Å². The molecule has 0 bridgehead atoms. The van der Waals surface area contributed by atoms with Crippen molar-refractivity contribution < 1.29 is 18.0 Å². The second-order valence-electron chi connectivity index (χ2n) is 3.03. The van der Waals surface area contributed by atoms with Gasteiger partial charge in [-0.15, -0.1) is 0 Å². The van der Waals surface area contributed by atoms with Gasteiger partial charge in [-0.25, -0.2) is 0 Å². The molecule has 1 atom stereocenters. The molecule has 0 aromatic carbocycles. The van der Waals surface area contributed by atoms with Gasteiger partial charge in [0.1, 0.15) is 0 Å². The molecule has 0 saturated carbocycles. The Hall–Kier alpha value is -0.840. The molecular formula is C8H10F3NO. The Morgan fingerprint density at radius 3 is 2.46 bits per heavy atom. The molecule has 0 aromatic heterocycles. The summed E-state index contributed by atoms with van der Waals surface area (Å²) >= 11 is 0. The highest BCUT2D eigenvalue weighted by atomic mass is 19.4. The third-order valence-corrected chi connectivity index (χ3v) is 2.07. The molecule has 1 fully saturated rings. The van der Waals surface area contributed by atoms with Gasteiger partial charge in [0.2, 0.25) is 0 Å². The molecule has 1 aliphatic heterocycles. The summed E-state index contributed by atoms with van der Waals surface area (Å²) < 4.78 is 36.0. The van der Waals surface area contributed by atoms with Gasteiger partial charge in [-0.05, 0) is 13.0 Å². The lowest BCUT2D eigenvalue weighted by Gasteiger charge is -2.12. The molecule has 0 aromatic rings. The smallest absolute Gasteiger partial charge is 0.316 e. The van der Waals surface area contributed by atoms with Crippen LogP contribution in [-0.2, 0) is 4.79 Å². The van der Waals surface area contributed by atoms with Crippen LogP contribution in [0.3, 0.4) is 0 Å². The Morgan fingerprint density at radius 1 is 1.46 bits per heavy atom. The zero-order chi connectivity index (χ0) is 10.1. The van der Waals surface area contributed by atoms with Gasteiger partial charge in [-0.2, -0.15) is 13.2 Å². The molecular weight excluding hydrogens is 183 g/mol. The van der Waals surface area contributed by atoms with Crippen molar-refractivity contribution >= 4 is 5.78 Å². The van der Waals surface area contributed by atoms with Crippen LogP contribution in [0.2, 0.25) is 0 Å². The summed E-state index contributed by atoms with van der Waals surface area (Å²) in [6.45, 7) is 3.69.